The number of carbonyl (C=O) groups is 1. The number of nitrogens with one attached hydrogen (secondary N) is 1. The zero-order valence-corrected chi connectivity index (χ0v) is 12.7. The van der Waals surface area contributed by atoms with Crippen molar-refractivity contribution in [3.05, 3.63) is 0 Å². The summed E-state index contributed by atoms with van der Waals surface area (Å²) in [5, 5.41) is 12.6. The lowest BCUT2D eigenvalue weighted by Crippen LogP contribution is -2.57. The molecule has 1 heterocycles. The van der Waals surface area contributed by atoms with E-state index in [0.717, 1.165) is 38.8 Å². The quantitative estimate of drug-likeness (QED) is 0.800. The monoisotopic (exact) mass is 284 g/mol. The van der Waals surface area contributed by atoms with Gasteiger partial charge in [0.05, 0.1) is 6.10 Å². The fourth-order valence-corrected chi connectivity index (χ4v) is 3.57. The number of nitrogens with zero attached hydrogens (tertiary/aromatic N) is 1. The maximum absolute atomic E-state index is 11.6. The highest BCUT2D eigenvalue weighted by molar-refractivity contribution is 5.79. The number of hydrogen-bond donors (Lipinski definition) is 2. The molecule has 2 fully saturated rings. The third-order valence-corrected chi connectivity index (χ3v) is 5.00. The van der Waals surface area contributed by atoms with Crippen molar-refractivity contribution in [2.45, 2.75) is 62.6 Å². The summed E-state index contributed by atoms with van der Waals surface area (Å²) in [6.45, 7) is 1.79. The smallest absolute Gasteiger partial charge is 0.323 e. The first-order valence-electron chi connectivity index (χ1n) is 7.81. The van der Waals surface area contributed by atoms with Crippen LogP contribution < -0.4 is 5.32 Å². The molecule has 3 unspecified atom stereocenters. The first-order valence-corrected chi connectivity index (χ1v) is 7.81. The van der Waals surface area contributed by atoms with Crippen LogP contribution in [0.15, 0.2) is 0 Å². The van der Waals surface area contributed by atoms with Gasteiger partial charge >= 0.3 is 5.97 Å². The predicted molar refractivity (Wildman–Crippen MR) is 77.9 cm³/mol. The predicted octanol–water partition coefficient (Wildman–Crippen LogP) is 1.47. The Bertz CT molecular complexity index is 331. The van der Waals surface area contributed by atoms with Crippen molar-refractivity contribution in [3.8, 4) is 0 Å². The van der Waals surface area contributed by atoms with E-state index in [9.17, 15) is 9.90 Å². The van der Waals surface area contributed by atoms with E-state index in [1.807, 2.05) is 0 Å². The third kappa shape index (κ3) is 3.51. The van der Waals surface area contributed by atoms with Gasteiger partial charge in [0.1, 0.15) is 5.54 Å². The number of likely N-dealkylation sites (N-methyl/N-ethyl adjacent to an activating group) is 2. The summed E-state index contributed by atoms with van der Waals surface area (Å²) < 4.78 is 5.79. The van der Waals surface area contributed by atoms with E-state index in [-0.39, 0.29) is 0 Å². The summed E-state index contributed by atoms with van der Waals surface area (Å²) in [6.07, 6.45) is 7.33. The number of carboxylic acid groups (broad SMARTS) is 1. The summed E-state index contributed by atoms with van der Waals surface area (Å²) in [5.41, 5.74) is -0.745. The molecule has 2 aliphatic rings. The topological polar surface area (TPSA) is 61.8 Å². The third-order valence-electron chi connectivity index (χ3n) is 5.00. The Hall–Kier alpha value is -0.650. The molecule has 3 atom stereocenters. The van der Waals surface area contributed by atoms with Gasteiger partial charge in [0.25, 0.3) is 0 Å². The Labute approximate surface area is 121 Å². The number of ether oxygens (including phenoxy) is 1. The van der Waals surface area contributed by atoms with Crippen LogP contribution in [0.1, 0.15) is 44.9 Å². The molecule has 0 spiro atoms. The van der Waals surface area contributed by atoms with Crippen molar-refractivity contribution in [1.29, 1.82) is 0 Å². The van der Waals surface area contributed by atoms with Gasteiger partial charge < -0.3 is 20.1 Å². The minimum absolute atomic E-state index is 0.324. The molecule has 0 aromatic carbocycles. The van der Waals surface area contributed by atoms with Crippen LogP contribution in [0, 0.1) is 0 Å². The van der Waals surface area contributed by atoms with Crippen molar-refractivity contribution in [2.24, 2.45) is 0 Å². The Kier molecular flexibility index (Phi) is 5.41. The molecule has 0 bridgehead atoms. The lowest BCUT2D eigenvalue weighted by molar-refractivity contribution is -0.147. The van der Waals surface area contributed by atoms with Gasteiger partial charge in [-0.15, -0.1) is 0 Å². The highest BCUT2D eigenvalue weighted by Crippen LogP contribution is 2.31. The van der Waals surface area contributed by atoms with Crippen molar-refractivity contribution in [2.75, 3.05) is 27.2 Å². The lowest BCUT2D eigenvalue weighted by Gasteiger charge is -2.42. The summed E-state index contributed by atoms with van der Waals surface area (Å²) in [4.78, 5) is 13.9. The van der Waals surface area contributed by atoms with E-state index in [2.05, 4.69) is 17.3 Å². The maximum Gasteiger partial charge on any atom is 0.323 e. The van der Waals surface area contributed by atoms with Crippen LogP contribution in [0.4, 0.5) is 0 Å². The van der Waals surface area contributed by atoms with E-state index >= 15 is 0 Å². The molecule has 5 heteroatoms. The first-order chi connectivity index (χ1) is 9.57. The second-order valence-electron chi connectivity index (χ2n) is 6.32. The van der Waals surface area contributed by atoms with Crippen LogP contribution >= 0.6 is 0 Å². The van der Waals surface area contributed by atoms with Gasteiger partial charge in [-0.1, -0.05) is 0 Å². The summed E-state index contributed by atoms with van der Waals surface area (Å²) in [7, 11) is 3.87. The van der Waals surface area contributed by atoms with Crippen LogP contribution in [-0.2, 0) is 9.53 Å². The molecule has 0 aromatic rings. The fraction of sp³-hybridized carbons (Fsp3) is 0.933. The largest absolute Gasteiger partial charge is 0.480 e. The summed E-state index contributed by atoms with van der Waals surface area (Å²) in [6, 6.07) is 0.331. The molecule has 116 valence electrons. The molecular weight excluding hydrogens is 256 g/mol. The molecule has 2 rings (SSSR count). The van der Waals surface area contributed by atoms with Crippen LogP contribution in [0.25, 0.3) is 0 Å². The van der Waals surface area contributed by atoms with Crippen molar-refractivity contribution in [1.82, 2.24) is 10.2 Å². The standard InChI is InChI=1S/C15H28N2O3/c1-16-15(14(18)19)8-5-6-12(10-15)17(2)11-13-7-3-4-9-20-13/h12-13,16H,3-11H2,1-2H3,(H,18,19). The minimum atomic E-state index is -0.745. The highest BCUT2D eigenvalue weighted by atomic mass is 16.5. The Morgan fingerprint density at radius 2 is 2.20 bits per heavy atom. The molecular formula is C15H28N2O3. The fourth-order valence-electron chi connectivity index (χ4n) is 3.57. The van der Waals surface area contributed by atoms with Crippen molar-refractivity contribution in [3.63, 3.8) is 0 Å². The molecule has 1 saturated carbocycles. The van der Waals surface area contributed by atoms with Crippen LogP contribution in [0.3, 0.4) is 0 Å². The van der Waals surface area contributed by atoms with E-state index in [4.69, 9.17) is 4.74 Å². The van der Waals surface area contributed by atoms with Gasteiger partial charge in [0.2, 0.25) is 0 Å². The van der Waals surface area contributed by atoms with Crippen LogP contribution in [-0.4, -0.2) is 60.9 Å². The number of hydrogen-bond acceptors (Lipinski definition) is 4. The Morgan fingerprint density at radius 3 is 2.80 bits per heavy atom. The molecule has 1 aliphatic carbocycles. The second kappa shape index (κ2) is 6.87. The van der Waals surface area contributed by atoms with E-state index in [1.54, 1.807) is 7.05 Å². The SMILES string of the molecule is CNC1(C(=O)O)CCCC(N(C)CC2CCCCO2)C1. The molecule has 0 amide bonds. The number of carboxylic acids is 1. The molecule has 5 nitrogen and oxygen atoms in total. The molecule has 0 radical (unpaired) electrons. The highest BCUT2D eigenvalue weighted by Gasteiger charge is 2.42. The number of rotatable bonds is 5. The molecule has 0 aromatic heterocycles. The maximum atomic E-state index is 11.6. The van der Waals surface area contributed by atoms with Gasteiger partial charge in [-0.2, -0.15) is 0 Å². The molecule has 2 N–H and O–H groups in total. The average Bonchev–Trinajstić information content (AvgIpc) is 2.48. The Balaban J connectivity index is 1.92. The first kappa shape index (κ1) is 15.7. The lowest BCUT2D eigenvalue weighted by atomic mass is 9.78. The molecule has 1 saturated heterocycles. The van der Waals surface area contributed by atoms with Gasteiger partial charge in [0.15, 0.2) is 0 Å². The second-order valence-corrected chi connectivity index (χ2v) is 6.32. The zero-order valence-electron chi connectivity index (χ0n) is 12.7. The average molecular weight is 284 g/mol. The Morgan fingerprint density at radius 1 is 1.40 bits per heavy atom. The summed E-state index contributed by atoms with van der Waals surface area (Å²) >= 11 is 0. The van der Waals surface area contributed by atoms with Crippen molar-refractivity contribution >= 4 is 5.97 Å². The molecule has 20 heavy (non-hydrogen) atoms. The van der Waals surface area contributed by atoms with Crippen molar-refractivity contribution < 1.29 is 14.6 Å². The van der Waals surface area contributed by atoms with Gasteiger partial charge in [-0.05, 0) is 59.0 Å². The van der Waals surface area contributed by atoms with E-state index in [0.29, 0.717) is 18.6 Å². The number of aliphatic carboxylic acids is 1. The summed E-state index contributed by atoms with van der Waals surface area (Å²) in [5.74, 6) is -0.716. The minimum Gasteiger partial charge on any atom is -0.480 e. The zero-order chi connectivity index (χ0) is 14.6. The van der Waals surface area contributed by atoms with Gasteiger partial charge in [-0.25, -0.2) is 0 Å². The van der Waals surface area contributed by atoms with Crippen LogP contribution in [0.5, 0.6) is 0 Å². The van der Waals surface area contributed by atoms with E-state index in [1.165, 1.54) is 12.8 Å². The van der Waals surface area contributed by atoms with Crippen LogP contribution in [0.2, 0.25) is 0 Å². The normalized spacial score (nSPS) is 35.1. The van der Waals surface area contributed by atoms with E-state index < -0.39 is 11.5 Å². The molecule has 1 aliphatic heterocycles. The van der Waals surface area contributed by atoms with Gasteiger partial charge in [-0.3, -0.25) is 4.79 Å². The van der Waals surface area contributed by atoms with Gasteiger partial charge in [0, 0.05) is 19.2 Å².